The summed E-state index contributed by atoms with van der Waals surface area (Å²) < 4.78 is 18.0. The van der Waals surface area contributed by atoms with E-state index >= 15 is 0 Å². The minimum absolute atomic E-state index is 0.164. The van der Waals surface area contributed by atoms with Gasteiger partial charge in [-0.25, -0.2) is 4.39 Å². The Hall–Kier alpha value is -1.72. The van der Waals surface area contributed by atoms with E-state index in [0.717, 1.165) is 18.7 Å². The lowest BCUT2D eigenvalue weighted by molar-refractivity contribution is -0.116. The van der Waals surface area contributed by atoms with Crippen molar-refractivity contribution in [2.75, 3.05) is 26.3 Å². The highest BCUT2D eigenvalue weighted by Crippen LogP contribution is 2.04. The average Bonchev–Trinajstić information content (AvgIpc) is 2.45. The minimum Gasteiger partial charge on any atom is -0.378 e. The van der Waals surface area contributed by atoms with Crippen LogP contribution in [0.15, 0.2) is 30.3 Å². The summed E-state index contributed by atoms with van der Waals surface area (Å²) in [6.45, 7) is 2.68. The fourth-order valence-electron chi connectivity index (χ4n) is 1.78. The fraction of sp³-hybridized carbons (Fsp3) is 0.357. The van der Waals surface area contributed by atoms with Gasteiger partial charge in [-0.1, -0.05) is 12.1 Å². The molecule has 1 aliphatic rings. The van der Waals surface area contributed by atoms with Crippen LogP contribution in [0.4, 0.5) is 4.39 Å². The van der Waals surface area contributed by atoms with Gasteiger partial charge in [0.25, 0.3) is 0 Å². The summed E-state index contributed by atoms with van der Waals surface area (Å²) in [6, 6.07) is 6.13. The normalized spacial score (nSPS) is 19.5. The molecule has 5 heteroatoms. The number of amides is 1. The Labute approximate surface area is 111 Å². The molecule has 1 unspecified atom stereocenters. The molecule has 1 saturated heterocycles. The van der Waals surface area contributed by atoms with Gasteiger partial charge in [0.15, 0.2) is 0 Å². The van der Waals surface area contributed by atoms with Gasteiger partial charge in [-0.2, -0.15) is 0 Å². The van der Waals surface area contributed by atoms with Crippen LogP contribution in [0.3, 0.4) is 0 Å². The van der Waals surface area contributed by atoms with E-state index in [0.29, 0.717) is 13.2 Å². The van der Waals surface area contributed by atoms with Crippen molar-refractivity contribution in [3.8, 4) is 0 Å². The van der Waals surface area contributed by atoms with Gasteiger partial charge in [0, 0.05) is 25.2 Å². The van der Waals surface area contributed by atoms with E-state index in [1.54, 1.807) is 18.2 Å². The number of hydrogen-bond donors (Lipinski definition) is 2. The summed E-state index contributed by atoms with van der Waals surface area (Å²) in [5, 5.41) is 6.04. The Kier molecular flexibility index (Phi) is 5.06. The smallest absolute Gasteiger partial charge is 0.244 e. The van der Waals surface area contributed by atoms with Crippen molar-refractivity contribution in [1.29, 1.82) is 0 Å². The number of ether oxygens (including phenoxy) is 1. The highest BCUT2D eigenvalue weighted by molar-refractivity contribution is 5.91. The van der Waals surface area contributed by atoms with Crippen LogP contribution < -0.4 is 10.6 Å². The zero-order valence-corrected chi connectivity index (χ0v) is 10.6. The minimum atomic E-state index is -0.287. The molecule has 4 nitrogen and oxygen atoms in total. The van der Waals surface area contributed by atoms with Crippen molar-refractivity contribution in [2.24, 2.45) is 0 Å². The Morgan fingerprint density at radius 3 is 2.95 bits per heavy atom. The second kappa shape index (κ2) is 7.01. The number of rotatable bonds is 4. The molecule has 102 valence electrons. The number of halogens is 1. The molecule has 1 aliphatic heterocycles. The van der Waals surface area contributed by atoms with Crippen LogP contribution in [-0.2, 0) is 9.53 Å². The number of carbonyl (C=O) groups is 1. The standard InChI is InChI=1S/C14H17FN2O2/c15-12-4-1-11(2-5-12)3-6-14(18)17-9-13-10-19-8-7-16-13/h1-6,13,16H,7-10H2,(H,17,18)/b6-3+. The monoisotopic (exact) mass is 264 g/mol. The van der Waals surface area contributed by atoms with Gasteiger partial charge in [-0.15, -0.1) is 0 Å². The van der Waals surface area contributed by atoms with Crippen molar-refractivity contribution in [3.05, 3.63) is 41.7 Å². The maximum Gasteiger partial charge on any atom is 0.244 e. The van der Waals surface area contributed by atoms with E-state index in [9.17, 15) is 9.18 Å². The maximum atomic E-state index is 12.7. The van der Waals surface area contributed by atoms with Crippen molar-refractivity contribution in [1.82, 2.24) is 10.6 Å². The van der Waals surface area contributed by atoms with Gasteiger partial charge in [-0.05, 0) is 23.8 Å². The van der Waals surface area contributed by atoms with E-state index in [-0.39, 0.29) is 17.8 Å². The van der Waals surface area contributed by atoms with Gasteiger partial charge in [-0.3, -0.25) is 4.79 Å². The molecule has 0 bridgehead atoms. The molecule has 1 heterocycles. The van der Waals surface area contributed by atoms with E-state index in [1.165, 1.54) is 18.2 Å². The third-order valence-electron chi connectivity index (χ3n) is 2.82. The van der Waals surface area contributed by atoms with Crippen LogP contribution in [0.2, 0.25) is 0 Å². The summed E-state index contributed by atoms with van der Waals surface area (Å²) in [5.41, 5.74) is 0.788. The zero-order chi connectivity index (χ0) is 13.5. The molecule has 0 radical (unpaired) electrons. The second-order valence-corrected chi connectivity index (χ2v) is 4.36. The summed E-state index contributed by atoms with van der Waals surface area (Å²) in [4.78, 5) is 11.6. The van der Waals surface area contributed by atoms with Crippen LogP contribution in [0.1, 0.15) is 5.56 Å². The first kappa shape index (κ1) is 13.7. The number of nitrogens with one attached hydrogen (secondary N) is 2. The fourth-order valence-corrected chi connectivity index (χ4v) is 1.78. The molecular formula is C14H17FN2O2. The highest BCUT2D eigenvalue weighted by Gasteiger charge is 2.12. The van der Waals surface area contributed by atoms with Crippen LogP contribution in [0.25, 0.3) is 6.08 Å². The largest absolute Gasteiger partial charge is 0.378 e. The number of carbonyl (C=O) groups excluding carboxylic acids is 1. The van der Waals surface area contributed by atoms with Crippen LogP contribution in [0, 0.1) is 5.82 Å². The predicted molar refractivity (Wildman–Crippen MR) is 71.1 cm³/mol. The molecule has 0 aromatic heterocycles. The Bertz CT molecular complexity index is 439. The SMILES string of the molecule is O=C(/C=C/c1ccc(F)cc1)NCC1COCCN1. The van der Waals surface area contributed by atoms with Gasteiger partial charge in [0.05, 0.1) is 13.2 Å². The summed E-state index contributed by atoms with van der Waals surface area (Å²) >= 11 is 0. The Balaban J connectivity index is 1.75. The van der Waals surface area contributed by atoms with E-state index < -0.39 is 0 Å². The molecule has 2 rings (SSSR count). The lowest BCUT2D eigenvalue weighted by Crippen LogP contribution is -2.48. The number of hydrogen-bond acceptors (Lipinski definition) is 3. The quantitative estimate of drug-likeness (QED) is 0.796. The first-order chi connectivity index (χ1) is 9.24. The van der Waals surface area contributed by atoms with Gasteiger partial charge >= 0.3 is 0 Å². The number of benzene rings is 1. The molecule has 0 aliphatic carbocycles. The molecule has 1 aromatic rings. The topological polar surface area (TPSA) is 50.4 Å². The van der Waals surface area contributed by atoms with Crippen LogP contribution >= 0.6 is 0 Å². The molecular weight excluding hydrogens is 247 g/mol. The van der Waals surface area contributed by atoms with Crippen molar-refractivity contribution in [3.63, 3.8) is 0 Å². The molecule has 0 spiro atoms. The van der Waals surface area contributed by atoms with Crippen molar-refractivity contribution >= 4 is 12.0 Å². The predicted octanol–water partition coefficient (Wildman–Crippen LogP) is 0.943. The maximum absolute atomic E-state index is 12.7. The molecule has 1 atom stereocenters. The Morgan fingerprint density at radius 1 is 1.47 bits per heavy atom. The van der Waals surface area contributed by atoms with Gasteiger partial charge in [0.2, 0.25) is 5.91 Å². The second-order valence-electron chi connectivity index (χ2n) is 4.36. The van der Waals surface area contributed by atoms with Crippen LogP contribution in [0.5, 0.6) is 0 Å². The summed E-state index contributed by atoms with van der Waals surface area (Å²) in [5.74, 6) is -0.457. The molecule has 1 aromatic carbocycles. The molecule has 1 amide bonds. The third kappa shape index (κ3) is 4.81. The van der Waals surface area contributed by atoms with E-state index in [4.69, 9.17) is 4.74 Å². The lowest BCUT2D eigenvalue weighted by Gasteiger charge is -2.23. The first-order valence-electron chi connectivity index (χ1n) is 6.26. The average molecular weight is 264 g/mol. The number of morpholine rings is 1. The molecule has 19 heavy (non-hydrogen) atoms. The first-order valence-corrected chi connectivity index (χ1v) is 6.26. The highest BCUT2D eigenvalue weighted by atomic mass is 19.1. The van der Waals surface area contributed by atoms with Gasteiger partial charge < -0.3 is 15.4 Å². The van der Waals surface area contributed by atoms with Crippen LogP contribution in [-0.4, -0.2) is 38.3 Å². The molecule has 2 N–H and O–H groups in total. The van der Waals surface area contributed by atoms with Crippen molar-refractivity contribution < 1.29 is 13.9 Å². The zero-order valence-electron chi connectivity index (χ0n) is 10.6. The molecule has 1 fully saturated rings. The summed E-state index contributed by atoms with van der Waals surface area (Å²) in [6.07, 6.45) is 3.09. The van der Waals surface area contributed by atoms with E-state index in [1.807, 2.05) is 0 Å². The summed E-state index contributed by atoms with van der Waals surface area (Å²) in [7, 11) is 0. The van der Waals surface area contributed by atoms with Crippen molar-refractivity contribution in [2.45, 2.75) is 6.04 Å². The lowest BCUT2D eigenvalue weighted by atomic mass is 10.2. The Morgan fingerprint density at radius 2 is 2.26 bits per heavy atom. The third-order valence-corrected chi connectivity index (χ3v) is 2.82. The van der Waals surface area contributed by atoms with E-state index in [2.05, 4.69) is 10.6 Å². The van der Waals surface area contributed by atoms with Gasteiger partial charge in [0.1, 0.15) is 5.82 Å². The molecule has 0 saturated carbocycles.